The van der Waals surface area contributed by atoms with Gasteiger partial charge in [0.1, 0.15) is 0 Å². The van der Waals surface area contributed by atoms with Crippen molar-refractivity contribution in [1.29, 1.82) is 0 Å². The van der Waals surface area contributed by atoms with Crippen LogP contribution in [-0.2, 0) is 4.79 Å². The number of hydrazine groups is 1. The van der Waals surface area contributed by atoms with Crippen LogP contribution in [0.4, 0.5) is 0 Å². The maximum Gasteiger partial charge on any atom is 0.238 e. The fourth-order valence-electron chi connectivity index (χ4n) is 2.05. The predicted molar refractivity (Wildman–Crippen MR) is 49.7 cm³/mol. The van der Waals surface area contributed by atoms with E-state index in [0.717, 1.165) is 12.8 Å². The molecule has 4 heteroatoms. The first kappa shape index (κ1) is 8.97. The molecule has 1 amide bonds. The first-order chi connectivity index (χ1) is 6.05. The summed E-state index contributed by atoms with van der Waals surface area (Å²) in [6, 6.07) is 0.0558. The molecule has 0 radical (unpaired) electrons. The Morgan fingerprint density at radius 3 is 2.62 bits per heavy atom. The van der Waals surface area contributed by atoms with Gasteiger partial charge < -0.3 is 5.73 Å². The molecule has 0 bridgehead atoms. The Hall–Kier alpha value is -0.610. The van der Waals surface area contributed by atoms with Crippen LogP contribution in [0, 0.1) is 0 Å². The van der Waals surface area contributed by atoms with Gasteiger partial charge in [0, 0.05) is 25.0 Å². The highest BCUT2D eigenvalue weighted by atomic mass is 16.2. The van der Waals surface area contributed by atoms with Crippen LogP contribution in [0.15, 0.2) is 0 Å². The minimum atomic E-state index is 0.0558. The number of hydrogen-bond donors (Lipinski definition) is 1. The van der Waals surface area contributed by atoms with Crippen molar-refractivity contribution in [2.75, 3.05) is 13.6 Å². The number of amides is 1. The lowest BCUT2D eigenvalue weighted by molar-refractivity contribution is -0.137. The van der Waals surface area contributed by atoms with E-state index in [9.17, 15) is 4.79 Å². The van der Waals surface area contributed by atoms with Crippen molar-refractivity contribution in [2.24, 2.45) is 5.73 Å². The largest absolute Gasteiger partial charge is 0.326 e. The second kappa shape index (κ2) is 2.69. The number of nitrogens with two attached hydrogens (primary N) is 1. The molecule has 1 atom stereocenters. The standard InChI is InChI=1S/C9H17N3O/c1-7(10)6-12-8(13)5-9(3-4-9)11(12)2/h7H,3-6,10H2,1-2H3. The quantitative estimate of drug-likeness (QED) is 0.652. The SMILES string of the molecule is CC(N)CN1C(=O)CC2(CC2)N1C. The summed E-state index contributed by atoms with van der Waals surface area (Å²) in [5.41, 5.74) is 5.87. The molecule has 2 N–H and O–H groups in total. The van der Waals surface area contributed by atoms with E-state index in [1.54, 1.807) is 5.01 Å². The second-order valence-corrected chi connectivity index (χ2v) is 4.38. The van der Waals surface area contributed by atoms with Crippen LogP contribution in [0.5, 0.6) is 0 Å². The van der Waals surface area contributed by atoms with E-state index < -0.39 is 0 Å². The number of hydrogen-bond acceptors (Lipinski definition) is 3. The molecule has 1 saturated carbocycles. The van der Waals surface area contributed by atoms with Gasteiger partial charge >= 0.3 is 0 Å². The highest BCUT2D eigenvalue weighted by molar-refractivity contribution is 5.80. The molecule has 2 rings (SSSR count). The number of rotatable bonds is 2. The van der Waals surface area contributed by atoms with Crippen molar-refractivity contribution in [3.8, 4) is 0 Å². The Morgan fingerprint density at radius 1 is 1.62 bits per heavy atom. The van der Waals surface area contributed by atoms with Gasteiger partial charge in [0.2, 0.25) is 5.91 Å². The summed E-state index contributed by atoms with van der Waals surface area (Å²) >= 11 is 0. The minimum absolute atomic E-state index is 0.0558. The van der Waals surface area contributed by atoms with E-state index >= 15 is 0 Å². The highest BCUT2D eigenvalue weighted by Crippen LogP contribution is 2.48. The van der Waals surface area contributed by atoms with Crippen LogP contribution in [0.1, 0.15) is 26.2 Å². The summed E-state index contributed by atoms with van der Waals surface area (Å²) < 4.78 is 0. The van der Waals surface area contributed by atoms with Gasteiger partial charge in [0.25, 0.3) is 0 Å². The van der Waals surface area contributed by atoms with Crippen LogP contribution >= 0.6 is 0 Å². The molecular formula is C9H17N3O. The van der Waals surface area contributed by atoms with Crippen molar-refractivity contribution in [3.05, 3.63) is 0 Å². The Labute approximate surface area is 78.6 Å². The van der Waals surface area contributed by atoms with Crippen molar-refractivity contribution in [3.63, 3.8) is 0 Å². The van der Waals surface area contributed by atoms with E-state index in [1.807, 2.05) is 14.0 Å². The molecule has 2 fully saturated rings. The molecule has 74 valence electrons. The Kier molecular flexibility index (Phi) is 1.85. The van der Waals surface area contributed by atoms with Gasteiger partial charge in [-0.15, -0.1) is 0 Å². The smallest absolute Gasteiger partial charge is 0.238 e. The lowest BCUT2D eigenvalue weighted by atomic mass is 10.2. The zero-order valence-electron chi connectivity index (χ0n) is 8.29. The summed E-state index contributed by atoms with van der Waals surface area (Å²) in [7, 11) is 2.00. The normalized spacial score (nSPS) is 28.5. The van der Waals surface area contributed by atoms with E-state index in [2.05, 4.69) is 5.01 Å². The van der Waals surface area contributed by atoms with Gasteiger partial charge in [-0.1, -0.05) is 0 Å². The first-order valence-electron chi connectivity index (χ1n) is 4.85. The van der Waals surface area contributed by atoms with Gasteiger partial charge in [-0.05, 0) is 19.8 Å². The van der Waals surface area contributed by atoms with Crippen LogP contribution in [0.3, 0.4) is 0 Å². The molecule has 1 saturated heterocycles. The average Bonchev–Trinajstić information content (AvgIpc) is 2.75. The monoisotopic (exact) mass is 183 g/mol. The zero-order valence-corrected chi connectivity index (χ0v) is 8.29. The number of carbonyl (C=O) groups is 1. The molecule has 4 nitrogen and oxygen atoms in total. The lowest BCUT2D eigenvalue weighted by Gasteiger charge is -2.29. The summed E-state index contributed by atoms with van der Waals surface area (Å²) in [5, 5.41) is 3.90. The van der Waals surface area contributed by atoms with E-state index in [1.165, 1.54) is 0 Å². The molecule has 0 aromatic heterocycles. The van der Waals surface area contributed by atoms with Crippen LogP contribution in [0.2, 0.25) is 0 Å². The fraction of sp³-hybridized carbons (Fsp3) is 0.889. The maximum atomic E-state index is 11.6. The molecule has 0 aromatic rings. The summed E-state index contributed by atoms with van der Waals surface area (Å²) in [5.74, 6) is 0.234. The molecule has 0 aromatic carbocycles. The van der Waals surface area contributed by atoms with Gasteiger partial charge in [0.05, 0.1) is 6.54 Å². The van der Waals surface area contributed by atoms with E-state index in [0.29, 0.717) is 13.0 Å². The fourth-order valence-corrected chi connectivity index (χ4v) is 2.05. The van der Waals surface area contributed by atoms with Gasteiger partial charge in [-0.25, -0.2) is 5.01 Å². The summed E-state index contributed by atoms with van der Waals surface area (Å²) in [6.07, 6.45) is 3.01. The molecule has 13 heavy (non-hydrogen) atoms. The van der Waals surface area contributed by atoms with Gasteiger partial charge in [-0.2, -0.15) is 0 Å². The average molecular weight is 183 g/mol. The van der Waals surface area contributed by atoms with Crippen LogP contribution in [-0.4, -0.2) is 41.1 Å². The highest BCUT2D eigenvalue weighted by Gasteiger charge is 2.56. The lowest BCUT2D eigenvalue weighted by Crippen LogP contribution is -2.45. The molecule has 1 unspecified atom stereocenters. The molecule has 1 heterocycles. The number of carbonyl (C=O) groups excluding carboxylic acids is 1. The van der Waals surface area contributed by atoms with E-state index in [4.69, 9.17) is 5.73 Å². The van der Waals surface area contributed by atoms with Crippen LogP contribution < -0.4 is 5.73 Å². The Bertz CT molecular complexity index is 235. The second-order valence-electron chi connectivity index (χ2n) is 4.38. The Balaban J connectivity index is 2.06. The van der Waals surface area contributed by atoms with Crippen LogP contribution in [0.25, 0.3) is 0 Å². The van der Waals surface area contributed by atoms with Gasteiger partial charge in [0.15, 0.2) is 0 Å². The van der Waals surface area contributed by atoms with Gasteiger partial charge in [-0.3, -0.25) is 9.80 Å². The minimum Gasteiger partial charge on any atom is -0.326 e. The molecule has 1 spiro atoms. The molecular weight excluding hydrogens is 166 g/mol. The maximum absolute atomic E-state index is 11.6. The summed E-state index contributed by atoms with van der Waals surface area (Å²) in [4.78, 5) is 11.6. The van der Waals surface area contributed by atoms with Crippen molar-refractivity contribution < 1.29 is 4.79 Å². The predicted octanol–water partition coefficient (Wildman–Crippen LogP) is -0.0547. The molecule has 1 aliphatic carbocycles. The zero-order chi connectivity index (χ0) is 9.64. The third kappa shape index (κ3) is 1.34. The topological polar surface area (TPSA) is 49.6 Å². The number of nitrogens with zero attached hydrogens (tertiary/aromatic N) is 2. The third-order valence-electron chi connectivity index (χ3n) is 3.10. The van der Waals surface area contributed by atoms with Crippen molar-refractivity contribution in [2.45, 2.75) is 37.8 Å². The van der Waals surface area contributed by atoms with Crippen molar-refractivity contribution >= 4 is 5.91 Å². The third-order valence-corrected chi connectivity index (χ3v) is 3.10. The van der Waals surface area contributed by atoms with E-state index in [-0.39, 0.29) is 17.5 Å². The first-order valence-corrected chi connectivity index (χ1v) is 4.85. The molecule has 2 aliphatic rings. The Morgan fingerprint density at radius 2 is 2.23 bits per heavy atom. The van der Waals surface area contributed by atoms with Crippen molar-refractivity contribution in [1.82, 2.24) is 10.0 Å². The summed E-state index contributed by atoms with van der Waals surface area (Å²) in [6.45, 7) is 2.58. The molecule has 1 aliphatic heterocycles.